The number of benzene rings is 2. The lowest BCUT2D eigenvalue weighted by molar-refractivity contribution is -0.123. The Kier molecular flexibility index (Phi) is 5.43. The molecular formula is C26H23N5O6. The molecule has 2 heterocycles. The van der Waals surface area contributed by atoms with Crippen molar-refractivity contribution in [2.75, 3.05) is 5.32 Å². The molecule has 0 bridgehead atoms. The van der Waals surface area contributed by atoms with Gasteiger partial charge in [-0.1, -0.05) is 23.4 Å². The second-order valence-electron chi connectivity index (χ2n) is 9.17. The number of Topliss-reactive ketones (excluding diaryl/α,β-unsaturated/α-hetero) is 2. The number of hydrogen-bond acceptors (Lipinski definition) is 10. The number of allylic oxidation sites excluding steroid dienone is 4. The Balaban J connectivity index is 1.61. The first kappa shape index (κ1) is 23.9. The summed E-state index contributed by atoms with van der Waals surface area (Å²) in [7, 11) is 0. The highest BCUT2D eigenvalue weighted by Crippen LogP contribution is 2.57. The van der Waals surface area contributed by atoms with E-state index >= 15 is 0 Å². The highest BCUT2D eigenvalue weighted by atomic mass is 16.5. The van der Waals surface area contributed by atoms with E-state index in [2.05, 4.69) is 25.9 Å². The Hall–Kier alpha value is -4.80. The number of aromatic amines is 1. The zero-order valence-electron chi connectivity index (χ0n) is 20.5. The second-order valence-corrected chi connectivity index (χ2v) is 9.17. The third-order valence-electron chi connectivity index (χ3n) is 6.84. The molecule has 0 amide bonds. The number of ether oxygens (including phenoxy) is 1. The molecule has 3 aromatic rings. The molecule has 5 rings (SSSR count). The van der Waals surface area contributed by atoms with Crippen LogP contribution < -0.4 is 10.1 Å². The van der Waals surface area contributed by atoms with Crippen LogP contribution in [0.1, 0.15) is 53.6 Å². The minimum absolute atomic E-state index is 0.0191. The Morgan fingerprint density at radius 3 is 2.57 bits per heavy atom. The molecule has 11 heteroatoms. The lowest BCUT2D eigenvalue weighted by atomic mass is 9.70. The normalized spacial score (nSPS) is 19.6. The third kappa shape index (κ3) is 3.50. The van der Waals surface area contributed by atoms with Gasteiger partial charge in [-0.05, 0) is 39.3 Å². The highest BCUT2D eigenvalue weighted by molar-refractivity contribution is 6.31. The molecule has 1 aliphatic heterocycles. The maximum absolute atomic E-state index is 14.0. The van der Waals surface area contributed by atoms with Crippen molar-refractivity contribution in [3.63, 3.8) is 0 Å². The molecule has 1 aliphatic carbocycles. The van der Waals surface area contributed by atoms with Crippen molar-refractivity contribution in [2.45, 2.75) is 39.5 Å². The molecule has 0 spiro atoms. The Morgan fingerprint density at radius 2 is 1.89 bits per heavy atom. The summed E-state index contributed by atoms with van der Waals surface area (Å²) in [5, 5.41) is 38.5. The Bertz CT molecular complexity index is 1570. The van der Waals surface area contributed by atoms with Crippen molar-refractivity contribution >= 4 is 23.0 Å². The van der Waals surface area contributed by atoms with E-state index in [1.165, 1.54) is 26.8 Å². The maximum Gasteiger partial charge on any atom is 0.194 e. The van der Waals surface area contributed by atoms with E-state index in [-0.39, 0.29) is 39.5 Å². The Morgan fingerprint density at radius 1 is 1.16 bits per heavy atom. The van der Waals surface area contributed by atoms with Gasteiger partial charge in [-0.15, -0.1) is 10.2 Å². The van der Waals surface area contributed by atoms with E-state index < -0.39 is 28.5 Å². The zero-order valence-corrected chi connectivity index (χ0v) is 20.5. The SMILES string of the molecule is CC(=O)c1c(O)c(C)c(O)c2c1OC1=CC(=O)/C(=C(/C)Nc3ccccc3Cc3nn[nH]n3)C(=O)[C@@]12C. The van der Waals surface area contributed by atoms with E-state index in [0.717, 1.165) is 5.56 Å². The van der Waals surface area contributed by atoms with Crippen LogP contribution in [-0.2, 0) is 21.4 Å². The first-order chi connectivity index (χ1) is 17.6. The van der Waals surface area contributed by atoms with Crippen LogP contribution in [0.25, 0.3) is 0 Å². The van der Waals surface area contributed by atoms with E-state index in [4.69, 9.17) is 4.74 Å². The van der Waals surface area contributed by atoms with Crippen LogP contribution in [0.15, 0.2) is 47.4 Å². The number of carbonyl (C=O) groups is 3. The van der Waals surface area contributed by atoms with Gasteiger partial charge < -0.3 is 20.3 Å². The summed E-state index contributed by atoms with van der Waals surface area (Å²) in [6.07, 6.45) is 1.54. The summed E-state index contributed by atoms with van der Waals surface area (Å²) >= 11 is 0. The summed E-state index contributed by atoms with van der Waals surface area (Å²) in [5.74, 6) is -2.18. The van der Waals surface area contributed by atoms with Gasteiger partial charge in [-0.25, -0.2) is 0 Å². The number of carbonyl (C=O) groups excluding carboxylic acids is 3. The smallest absolute Gasteiger partial charge is 0.194 e. The molecule has 11 nitrogen and oxygen atoms in total. The van der Waals surface area contributed by atoms with Gasteiger partial charge in [0.2, 0.25) is 0 Å². The molecule has 0 saturated heterocycles. The van der Waals surface area contributed by atoms with Crippen molar-refractivity contribution < 1.29 is 29.3 Å². The number of fused-ring (bicyclic) bond motifs is 3. The molecule has 188 valence electrons. The van der Waals surface area contributed by atoms with Crippen molar-refractivity contribution in [1.82, 2.24) is 20.6 Å². The lowest BCUT2D eigenvalue weighted by Gasteiger charge is -2.29. The highest BCUT2D eigenvalue weighted by Gasteiger charge is 2.56. The number of phenols is 2. The maximum atomic E-state index is 14.0. The summed E-state index contributed by atoms with van der Waals surface area (Å²) < 4.78 is 5.80. The van der Waals surface area contributed by atoms with Crippen LogP contribution in [0.2, 0.25) is 0 Å². The molecule has 0 fully saturated rings. The number of nitrogens with zero attached hydrogens (tertiary/aromatic N) is 3. The van der Waals surface area contributed by atoms with Crippen molar-refractivity contribution in [3.8, 4) is 17.2 Å². The van der Waals surface area contributed by atoms with Gasteiger partial charge in [0.1, 0.15) is 34.0 Å². The molecule has 0 saturated carbocycles. The fourth-order valence-corrected chi connectivity index (χ4v) is 4.85. The second kappa shape index (κ2) is 8.40. The molecule has 2 aliphatic rings. The van der Waals surface area contributed by atoms with Crippen LogP contribution in [0.5, 0.6) is 17.2 Å². The van der Waals surface area contributed by atoms with Gasteiger partial charge in [0.25, 0.3) is 0 Å². The molecule has 1 atom stereocenters. The largest absolute Gasteiger partial charge is 0.507 e. The van der Waals surface area contributed by atoms with E-state index in [9.17, 15) is 24.6 Å². The monoisotopic (exact) mass is 501 g/mol. The number of tetrazole rings is 1. The lowest BCUT2D eigenvalue weighted by Crippen LogP contribution is -2.40. The first-order valence-electron chi connectivity index (χ1n) is 11.4. The van der Waals surface area contributed by atoms with Crippen molar-refractivity contribution in [3.05, 3.63) is 75.4 Å². The molecule has 0 unspecified atom stereocenters. The van der Waals surface area contributed by atoms with Gasteiger partial charge in [0, 0.05) is 29.4 Å². The summed E-state index contributed by atoms with van der Waals surface area (Å²) in [6.45, 7) is 5.81. The van der Waals surface area contributed by atoms with E-state index in [1.54, 1.807) is 13.0 Å². The quantitative estimate of drug-likeness (QED) is 0.232. The number of aromatic hydroxyl groups is 2. The van der Waals surface area contributed by atoms with E-state index in [0.29, 0.717) is 23.6 Å². The van der Waals surface area contributed by atoms with Crippen LogP contribution >= 0.6 is 0 Å². The van der Waals surface area contributed by atoms with Gasteiger partial charge in [0.15, 0.2) is 23.2 Å². The number of anilines is 1. The minimum atomic E-state index is -1.58. The number of nitrogens with one attached hydrogen (secondary N) is 2. The zero-order chi connectivity index (χ0) is 26.6. The predicted molar refractivity (Wildman–Crippen MR) is 130 cm³/mol. The van der Waals surface area contributed by atoms with Crippen LogP contribution in [0.4, 0.5) is 5.69 Å². The minimum Gasteiger partial charge on any atom is -0.507 e. The summed E-state index contributed by atoms with van der Waals surface area (Å²) in [4.78, 5) is 39.5. The predicted octanol–water partition coefficient (Wildman–Crippen LogP) is 2.78. The number of H-pyrrole nitrogens is 1. The van der Waals surface area contributed by atoms with Crippen molar-refractivity contribution in [1.29, 1.82) is 0 Å². The van der Waals surface area contributed by atoms with Crippen LogP contribution in [-0.4, -0.2) is 48.2 Å². The fourth-order valence-electron chi connectivity index (χ4n) is 4.85. The van der Waals surface area contributed by atoms with Gasteiger partial charge in [-0.2, -0.15) is 5.21 Å². The number of aromatic nitrogens is 4. The van der Waals surface area contributed by atoms with E-state index in [1.807, 2.05) is 18.2 Å². The van der Waals surface area contributed by atoms with Crippen molar-refractivity contribution in [2.24, 2.45) is 0 Å². The van der Waals surface area contributed by atoms with Gasteiger partial charge in [-0.3, -0.25) is 14.4 Å². The topological polar surface area (TPSA) is 167 Å². The fraction of sp³-hybridized carbons (Fsp3) is 0.231. The number of ketones is 3. The summed E-state index contributed by atoms with van der Waals surface area (Å²) in [5.41, 5.74) is -0.0325. The van der Waals surface area contributed by atoms with Crippen LogP contribution in [0, 0.1) is 6.92 Å². The average molecular weight is 501 g/mol. The van der Waals surface area contributed by atoms with Crippen LogP contribution in [0.3, 0.4) is 0 Å². The van der Waals surface area contributed by atoms with Gasteiger partial charge in [0.05, 0.1) is 11.1 Å². The molecular weight excluding hydrogens is 478 g/mol. The Labute approximate surface area is 210 Å². The molecule has 37 heavy (non-hydrogen) atoms. The third-order valence-corrected chi connectivity index (χ3v) is 6.84. The summed E-state index contributed by atoms with van der Waals surface area (Å²) in [6, 6.07) is 7.31. The number of rotatable bonds is 5. The number of hydrogen-bond donors (Lipinski definition) is 4. The van der Waals surface area contributed by atoms with Gasteiger partial charge >= 0.3 is 0 Å². The molecule has 2 aromatic carbocycles. The number of para-hydroxylation sites is 1. The molecule has 4 N–H and O–H groups in total. The molecule has 0 radical (unpaired) electrons. The standard InChI is InChI=1S/C26H23N5O6/c1-11-22(34)20(13(3)32)24-21(23(11)35)26(4)17(37-24)10-16(33)19(25(26)36)12(2)27-15-8-6-5-7-14(15)9-18-28-30-31-29-18/h5-8,10,27,34-35H,9H2,1-4H3,(H,28,29,30,31)/b19-12+/t26-/m0/s1. The molecule has 1 aromatic heterocycles. The number of phenolic OH excluding ortho intramolecular Hbond substituents is 2. The first-order valence-corrected chi connectivity index (χ1v) is 11.4. The average Bonchev–Trinajstić information content (AvgIpc) is 3.45.